The van der Waals surface area contributed by atoms with E-state index in [1.54, 1.807) is 34.6 Å². The van der Waals surface area contributed by atoms with Gasteiger partial charge >= 0.3 is 5.97 Å². The van der Waals surface area contributed by atoms with E-state index in [4.69, 9.17) is 5.11 Å². The van der Waals surface area contributed by atoms with Gasteiger partial charge in [0.05, 0.1) is 11.3 Å². The highest BCUT2D eigenvalue weighted by Gasteiger charge is 2.22. The monoisotopic (exact) mass is 321 g/mol. The lowest BCUT2D eigenvalue weighted by Gasteiger charge is -2.14. The first-order chi connectivity index (χ1) is 11.5. The summed E-state index contributed by atoms with van der Waals surface area (Å²) in [5.74, 6) is -0.913. The molecule has 0 saturated carbocycles. The number of amides is 1. The van der Waals surface area contributed by atoms with Crippen molar-refractivity contribution < 1.29 is 14.7 Å². The Kier molecular flexibility index (Phi) is 3.13. The molecule has 0 atom stereocenters. The highest BCUT2D eigenvalue weighted by atomic mass is 16.4. The van der Waals surface area contributed by atoms with Gasteiger partial charge in [0.15, 0.2) is 0 Å². The number of hydrogen-bond acceptors (Lipinski definition) is 3. The lowest BCUT2D eigenvalue weighted by Crippen LogP contribution is -2.25. The van der Waals surface area contributed by atoms with Crippen molar-refractivity contribution in [2.75, 3.05) is 11.4 Å². The van der Waals surface area contributed by atoms with Crippen LogP contribution in [0.5, 0.6) is 0 Å². The summed E-state index contributed by atoms with van der Waals surface area (Å²) in [7, 11) is 0. The first kappa shape index (κ1) is 14.4. The summed E-state index contributed by atoms with van der Waals surface area (Å²) in [6.45, 7) is 2.28. The fourth-order valence-corrected chi connectivity index (χ4v) is 3.15. The summed E-state index contributed by atoms with van der Waals surface area (Å²) < 4.78 is 1.72. The van der Waals surface area contributed by atoms with Gasteiger partial charge in [0.25, 0.3) is 0 Å². The third-order valence-electron chi connectivity index (χ3n) is 4.35. The molecule has 2 aromatic heterocycles. The molecule has 6 nitrogen and oxygen atoms in total. The number of imidazole rings is 1. The summed E-state index contributed by atoms with van der Waals surface area (Å²) in [4.78, 5) is 29.0. The number of benzene rings is 1. The molecule has 6 heteroatoms. The van der Waals surface area contributed by atoms with Crippen LogP contribution in [0, 0.1) is 0 Å². The average molecular weight is 321 g/mol. The first-order valence-electron chi connectivity index (χ1n) is 7.66. The molecule has 0 fully saturated rings. The second kappa shape index (κ2) is 5.19. The van der Waals surface area contributed by atoms with Crippen LogP contribution < -0.4 is 4.90 Å². The van der Waals surface area contributed by atoms with Crippen molar-refractivity contribution in [3.63, 3.8) is 0 Å². The van der Waals surface area contributed by atoms with Crippen molar-refractivity contribution in [2.24, 2.45) is 0 Å². The van der Waals surface area contributed by atoms with Crippen molar-refractivity contribution in [2.45, 2.75) is 13.3 Å². The van der Waals surface area contributed by atoms with Gasteiger partial charge in [0.1, 0.15) is 5.65 Å². The van der Waals surface area contributed by atoms with Gasteiger partial charge in [-0.2, -0.15) is 0 Å². The standard InChI is InChI=1S/C18H15N3O3/c1-11(22)21-7-6-13-8-12(2-4-16(13)21)15-10-20-9-14(18(23)24)3-5-17(20)19-15/h2-5,8-10H,6-7H2,1H3,(H,23,24). The highest BCUT2D eigenvalue weighted by Crippen LogP contribution is 2.32. The Morgan fingerprint density at radius 3 is 2.75 bits per heavy atom. The van der Waals surface area contributed by atoms with E-state index in [-0.39, 0.29) is 11.5 Å². The maximum atomic E-state index is 11.6. The number of hydrogen-bond donors (Lipinski definition) is 1. The van der Waals surface area contributed by atoms with Crippen LogP contribution in [0.4, 0.5) is 5.69 Å². The molecule has 24 heavy (non-hydrogen) atoms. The molecule has 0 saturated heterocycles. The number of anilines is 1. The highest BCUT2D eigenvalue weighted by molar-refractivity contribution is 5.94. The Bertz CT molecular complexity index is 990. The minimum absolute atomic E-state index is 0.0513. The van der Waals surface area contributed by atoms with Crippen LogP contribution >= 0.6 is 0 Å². The zero-order valence-electron chi connectivity index (χ0n) is 13.1. The largest absolute Gasteiger partial charge is 0.478 e. The van der Waals surface area contributed by atoms with Gasteiger partial charge in [-0.3, -0.25) is 4.79 Å². The van der Waals surface area contributed by atoms with Crippen LogP contribution in [0.2, 0.25) is 0 Å². The molecule has 1 amide bonds. The summed E-state index contributed by atoms with van der Waals surface area (Å²) in [5, 5.41) is 9.08. The van der Waals surface area contributed by atoms with Crippen molar-refractivity contribution in [3.05, 3.63) is 53.9 Å². The average Bonchev–Trinajstić information content (AvgIpc) is 3.17. The van der Waals surface area contributed by atoms with E-state index in [2.05, 4.69) is 11.1 Å². The zero-order valence-corrected chi connectivity index (χ0v) is 13.1. The number of nitrogens with zero attached hydrogens (tertiary/aromatic N) is 3. The van der Waals surface area contributed by atoms with Crippen molar-refractivity contribution in [1.82, 2.24) is 9.38 Å². The van der Waals surface area contributed by atoms with Gasteiger partial charge < -0.3 is 14.4 Å². The maximum absolute atomic E-state index is 11.6. The molecule has 1 aliphatic heterocycles. The molecule has 3 heterocycles. The topological polar surface area (TPSA) is 74.9 Å². The Morgan fingerprint density at radius 1 is 1.17 bits per heavy atom. The van der Waals surface area contributed by atoms with Crippen LogP contribution in [0.15, 0.2) is 42.7 Å². The Hall–Kier alpha value is -3.15. The molecule has 0 unspecified atom stereocenters. The fourth-order valence-electron chi connectivity index (χ4n) is 3.15. The van der Waals surface area contributed by atoms with E-state index in [9.17, 15) is 9.59 Å². The number of carboxylic acid groups (broad SMARTS) is 1. The molecule has 4 rings (SSSR count). The molecule has 3 aromatic rings. The Morgan fingerprint density at radius 2 is 2.00 bits per heavy atom. The normalized spacial score (nSPS) is 13.3. The number of pyridine rings is 1. The molecule has 1 aromatic carbocycles. The molecule has 0 radical (unpaired) electrons. The van der Waals surface area contributed by atoms with Gasteiger partial charge in [0, 0.05) is 37.1 Å². The number of fused-ring (bicyclic) bond motifs is 2. The molecule has 0 aliphatic carbocycles. The number of rotatable bonds is 2. The van der Waals surface area contributed by atoms with E-state index in [0.29, 0.717) is 12.2 Å². The Balaban J connectivity index is 1.75. The molecule has 1 aliphatic rings. The van der Waals surface area contributed by atoms with Gasteiger partial charge in [-0.15, -0.1) is 0 Å². The number of aromatic carboxylic acids is 1. The fraction of sp³-hybridized carbons (Fsp3) is 0.167. The summed E-state index contributed by atoms with van der Waals surface area (Å²) in [6.07, 6.45) is 4.21. The second-order valence-electron chi connectivity index (χ2n) is 5.88. The van der Waals surface area contributed by atoms with Gasteiger partial charge in [-0.1, -0.05) is 6.07 Å². The third kappa shape index (κ3) is 2.23. The Labute approximate surface area is 138 Å². The van der Waals surface area contributed by atoms with E-state index in [0.717, 1.165) is 28.9 Å². The molecular formula is C18H15N3O3. The summed E-state index contributed by atoms with van der Waals surface area (Å²) in [5.41, 5.74) is 4.74. The van der Waals surface area contributed by atoms with Crippen LogP contribution in [-0.4, -0.2) is 32.9 Å². The van der Waals surface area contributed by atoms with Crippen LogP contribution in [0.25, 0.3) is 16.9 Å². The maximum Gasteiger partial charge on any atom is 0.337 e. The molecule has 120 valence electrons. The lowest BCUT2D eigenvalue weighted by molar-refractivity contribution is -0.116. The molecule has 0 spiro atoms. The van der Waals surface area contributed by atoms with Gasteiger partial charge in [-0.05, 0) is 36.2 Å². The first-order valence-corrected chi connectivity index (χ1v) is 7.66. The minimum atomic E-state index is -0.964. The van der Waals surface area contributed by atoms with E-state index >= 15 is 0 Å². The van der Waals surface area contributed by atoms with E-state index < -0.39 is 5.97 Å². The quantitative estimate of drug-likeness (QED) is 0.787. The summed E-state index contributed by atoms with van der Waals surface area (Å²) >= 11 is 0. The number of carbonyl (C=O) groups excluding carboxylic acids is 1. The van der Waals surface area contributed by atoms with Crippen molar-refractivity contribution in [3.8, 4) is 11.3 Å². The van der Waals surface area contributed by atoms with Crippen LogP contribution in [0.3, 0.4) is 0 Å². The van der Waals surface area contributed by atoms with Crippen LogP contribution in [-0.2, 0) is 11.2 Å². The molecular weight excluding hydrogens is 306 g/mol. The third-order valence-corrected chi connectivity index (χ3v) is 4.35. The summed E-state index contributed by atoms with van der Waals surface area (Å²) in [6, 6.07) is 9.18. The minimum Gasteiger partial charge on any atom is -0.478 e. The van der Waals surface area contributed by atoms with Crippen molar-refractivity contribution in [1.29, 1.82) is 0 Å². The smallest absolute Gasteiger partial charge is 0.337 e. The number of carboxylic acids is 1. The predicted molar refractivity (Wildman–Crippen MR) is 89.3 cm³/mol. The van der Waals surface area contributed by atoms with Gasteiger partial charge in [-0.25, -0.2) is 9.78 Å². The second-order valence-corrected chi connectivity index (χ2v) is 5.88. The molecule has 0 bridgehead atoms. The number of aromatic nitrogens is 2. The van der Waals surface area contributed by atoms with Crippen LogP contribution in [0.1, 0.15) is 22.8 Å². The zero-order chi connectivity index (χ0) is 16.8. The lowest BCUT2D eigenvalue weighted by atomic mass is 10.1. The molecule has 1 N–H and O–H groups in total. The van der Waals surface area contributed by atoms with E-state index in [1.165, 1.54) is 0 Å². The predicted octanol–water partition coefficient (Wildman–Crippen LogP) is 2.61. The SMILES string of the molecule is CC(=O)N1CCc2cc(-c3cn4cc(C(=O)O)ccc4n3)ccc21. The van der Waals surface area contributed by atoms with Gasteiger partial charge in [0.2, 0.25) is 5.91 Å². The van der Waals surface area contributed by atoms with Crippen molar-refractivity contribution >= 4 is 23.2 Å². The van der Waals surface area contributed by atoms with E-state index in [1.807, 2.05) is 18.3 Å². The number of carbonyl (C=O) groups is 2.